The molecule has 1 aromatic carbocycles. The van der Waals surface area contributed by atoms with Crippen LogP contribution in [-0.2, 0) is 11.5 Å². The van der Waals surface area contributed by atoms with Gasteiger partial charge in [0.15, 0.2) is 0 Å². The highest BCUT2D eigenvalue weighted by Crippen LogP contribution is 2.20. The molecular formula is C9H9ClFNO. The van der Waals surface area contributed by atoms with E-state index in [-0.39, 0.29) is 0 Å². The van der Waals surface area contributed by atoms with Gasteiger partial charge in [-0.05, 0) is 11.1 Å². The van der Waals surface area contributed by atoms with E-state index in [0.29, 0.717) is 11.1 Å². The highest BCUT2D eigenvalue weighted by molar-refractivity contribution is 6.30. The van der Waals surface area contributed by atoms with Gasteiger partial charge in [0.1, 0.15) is 12.1 Å². The van der Waals surface area contributed by atoms with Crippen molar-refractivity contribution < 1.29 is 9.18 Å². The Morgan fingerprint density at radius 1 is 1.62 bits per heavy atom. The van der Waals surface area contributed by atoms with Crippen molar-refractivity contribution in [2.45, 2.75) is 12.1 Å². The van der Waals surface area contributed by atoms with Crippen molar-refractivity contribution in [1.29, 1.82) is 0 Å². The van der Waals surface area contributed by atoms with E-state index in [1.807, 2.05) is 0 Å². The average Bonchev–Trinajstić information content (AvgIpc) is 2.16. The molecule has 0 radical (unpaired) electrons. The second kappa shape index (κ2) is 4.23. The molecule has 0 aliphatic carbocycles. The molecule has 2 nitrogen and oxygen atoms in total. The molecule has 1 unspecified atom stereocenters. The van der Waals surface area contributed by atoms with Crippen LogP contribution in [0.2, 0.25) is 0 Å². The van der Waals surface area contributed by atoms with Crippen molar-refractivity contribution in [2.24, 2.45) is 5.73 Å². The first-order chi connectivity index (χ1) is 6.15. The van der Waals surface area contributed by atoms with Gasteiger partial charge >= 0.3 is 0 Å². The first kappa shape index (κ1) is 9.99. The largest absolute Gasteiger partial charge is 0.368 e. The van der Waals surface area contributed by atoms with E-state index >= 15 is 0 Å². The summed E-state index contributed by atoms with van der Waals surface area (Å²) >= 11 is 5.67. The van der Waals surface area contributed by atoms with Gasteiger partial charge in [-0.2, -0.15) is 0 Å². The molecule has 0 fully saturated rings. The summed E-state index contributed by atoms with van der Waals surface area (Å²) in [5.74, 6) is -0.627. The van der Waals surface area contributed by atoms with E-state index in [1.165, 1.54) is 6.07 Å². The maximum Gasteiger partial charge on any atom is 0.240 e. The third kappa shape index (κ3) is 2.42. The predicted molar refractivity (Wildman–Crippen MR) is 49.0 cm³/mol. The van der Waals surface area contributed by atoms with Gasteiger partial charge in [-0.1, -0.05) is 24.3 Å². The molecule has 1 rings (SSSR count). The number of rotatable bonds is 3. The number of amides is 1. The smallest absolute Gasteiger partial charge is 0.240 e. The van der Waals surface area contributed by atoms with Crippen LogP contribution in [0.25, 0.3) is 0 Å². The second-order valence-corrected chi connectivity index (χ2v) is 3.08. The minimum Gasteiger partial charge on any atom is -0.368 e. The molecule has 0 saturated carbocycles. The van der Waals surface area contributed by atoms with Gasteiger partial charge in [0.2, 0.25) is 5.91 Å². The second-order valence-electron chi connectivity index (χ2n) is 2.64. The summed E-state index contributed by atoms with van der Waals surface area (Å²) in [6.45, 7) is -0.573. The zero-order valence-electron chi connectivity index (χ0n) is 6.84. The number of carbonyl (C=O) groups excluding carboxylic acids is 1. The Morgan fingerprint density at radius 3 is 2.85 bits per heavy atom. The lowest BCUT2D eigenvalue weighted by molar-refractivity contribution is -0.117. The monoisotopic (exact) mass is 201 g/mol. The fourth-order valence-electron chi connectivity index (χ4n) is 0.998. The van der Waals surface area contributed by atoms with Crippen molar-refractivity contribution >= 4 is 17.5 Å². The summed E-state index contributed by atoms with van der Waals surface area (Å²) in [7, 11) is 0. The molecule has 1 aromatic rings. The van der Waals surface area contributed by atoms with E-state index < -0.39 is 18.0 Å². The third-order valence-electron chi connectivity index (χ3n) is 1.65. The molecule has 0 bridgehead atoms. The molecule has 0 saturated heterocycles. The van der Waals surface area contributed by atoms with E-state index in [0.717, 1.165) is 0 Å². The molecule has 1 atom stereocenters. The highest BCUT2D eigenvalue weighted by atomic mass is 35.5. The zero-order valence-corrected chi connectivity index (χ0v) is 7.59. The minimum atomic E-state index is -0.883. The van der Waals surface area contributed by atoms with Crippen LogP contribution in [0.15, 0.2) is 24.3 Å². The number of carbonyl (C=O) groups is 1. The van der Waals surface area contributed by atoms with Gasteiger partial charge in [-0.15, -0.1) is 11.6 Å². The van der Waals surface area contributed by atoms with Gasteiger partial charge in [-0.3, -0.25) is 4.79 Å². The van der Waals surface area contributed by atoms with Crippen LogP contribution < -0.4 is 5.73 Å². The van der Waals surface area contributed by atoms with Crippen LogP contribution in [0.1, 0.15) is 16.5 Å². The summed E-state index contributed by atoms with van der Waals surface area (Å²) in [4.78, 5) is 10.7. The molecule has 0 aliphatic heterocycles. The molecule has 0 spiro atoms. The van der Waals surface area contributed by atoms with Crippen LogP contribution in [0.3, 0.4) is 0 Å². The van der Waals surface area contributed by atoms with Crippen molar-refractivity contribution in [1.82, 2.24) is 0 Å². The lowest BCUT2D eigenvalue weighted by Gasteiger charge is -2.05. The van der Waals surface area contributed by atoms with Crippen molar-refractivity contribution in [2.75, 3.05) is 0 Å². The summed E-state index contributed by atoms with van der Waals surface area (Å²) in [5, 5.41) is -0.883. The molecule has 0 heterocycles. The number of nitrogens with two attached hydrogens (primary N) is 1. The van der Waals surface area contributed by atoms with Gasteiger partial charge < -0.3 is 5.73 Å². The fourth-order valence-corrected chi connectivity index (χ4v) is 1.13. The normalized spacial score (nSPS) is 12.5. The molecule has 70 valence electrons. The van der Waals surface area contributed by atoms with Gasteiger partial charge in [0, 0.05) is 0 Å². The van der Waals surface area contributed by atoms with E-state index in [4.69, 9.17) is 17.3 Å². The number of alkyl halides is 2. The molecule has 0 aromatic heterocycles. The Kier molecular flexibility index (Phi) is 3.25. The maximum absolute atomic E-state index is 12.2. The highest BCUT2D eigenvalue weighted by Gasteiger charge is 2.13. The Morgan fingerprint density at radius 2 is 2.31 bits per heavy atom. The van der Waals surface area contributed by atoms with E-state index in [9.17, 15) is 9.18 Å². The van der Waals surface area contributed by atoms with Crippen molar-refractivity contribution in [3.05, 3.63) is 35.4 Å². The maximum atomic E-state index is 12.2. The SMILES string of the molecule is NC(=O)C(Cl)c1cccc(CF)c1. The minimum absolute atomic E-state index is 0.490. The zero-order chi connectivity index (χ0) is 9.84. The topological polar surface area (TPSA) is 43.1 Å². The Balaban J connectivity index is 2.94. The predicted octanol–water partition coefficient (Wildman–Crippen LogP) is 1.92. The van der Waals surface area contributed by atoms with Gasteiger partial charge in [0.05, 0.1) is 0 Å². The summed E-state index contributed by atoms with van der Waals surface area (Å²) < 4.78 is 12.2. The lowest BCUT2D eigenvalue weighted by atomic mass is 10.1. The third-order valence-corrected chi connectivity index (χ3v) is 2.11. The summed E-state index contributed by atoms with van der Waals surface area (Å²) in [5.41, 5.74) is 6.02. The van der Waals surface area contributed by atoms with Gasteiger partial charge in [-0.25, -0.2) is 4.39 Å². The Hall–Kier alpha value is -1.09. The van der Waals surface area contributed by atoms with Crippen molar-refractivity contribution in [3.8, 4) is 0 Å². The summed E-state index contributed by atoms with van der Waals surface area (Å²) in [6.07, 6.45) is 0. The number of primary amides is 1. The molecule has 0 aliphatic rings. The lowest BCUT2D eigenvalue weighted by Crippen LogP contribution is -2.17. The first-order valence-corrected chi connectivity index (χ1v) is 4.17. The number of benzene rings is 1. The fraction of sp³-hybridized carbons (Fsp3) is 0.222. The Labute approximate surface area is 80.5 Å². The molecule has 1 amide bonds. The van der Waals surface area contributed by atoms with Crippen LogP contribution in [0.4, 0.5) is 4.39 Å². The standard InChI is InChI=1S/C9H9ClFNO/c10-8(9(12)13)7-3-1-2-6(4-7)5-11/h1-4,8H,5H2,(H2,12,13). The quantitative estimate of drug-likeness (QED) is 0.746. The Bertz CT molecular complexity index is 316. The molecule has 4 heteroatoms. The molecule has 2 N–H and O–H groups in total. The van der Waals surface area contributed by atoms with E-state index in [1.54, 1.807) is 18.2 Å². The molecule has 13 heavy (non-hydrogen) atoms. The van der Waals surface area contributed by atoms with Gasteiger partial charge in [0.25, 0.3) is 0 Å². The number of hydrogen-bond donors (Lipinski definition) is 1. The van der Waals surface area contributed by atoms with Crippen molar-refractivity contribution in [3.63, 3.8) is 0 Å². The average molecular weight is 202 g/mol. The number of halogens is 2. The molecular weight excluding hydrogens is 193 g/mol. The first-order valence-electron chi connectivity index (χ1n) is 3.73. The van der Waals surface area contributed by atoms with Crippen LogP contribution in [0, 0.1) is 0 Å². The number of hydrogen-bond acceptors (Lipinski definition) is 1. The van der Waals surface area contributed by atoms with E-state index in [2.05, 4.69) is 0 Å². The van der Waals surface area contributed by atoms with Crippen LogP contribution >= 0.6 is 11.6 Å². The van der Waals surface area contributed by atoms with Crippen LogP contribution in [-0.4, -0.2) is 5.91 Å². The summed E-state index contributed by atoms with van der Waals surface area (Å²) in [6, 6.07) is 6.43. The van der Waals surface area contributed by atoms with Crippen LogP contribution in [0.5, 0.6) is 0 Å².